The van der Waals surface area contributed by atoms with E-state index in [4.69, 9.17) is 5.11 Å². The van der Waals surface area contributed by atoms with E-state index in [0.717, 1.165) is 12.1 Å². The van der Waals surface area contributed by atoms with Crippen molar-refractivity contribution in [3.8, 4) is 0 Å². The second-order valence-electron chi connectivity index (χ2n) is 4.25. The fraction of sp³-hybridized carbons (Fsp3) is 0.500. The maximum absolute atomic E-state index is 12.4. The van der Waals surface area contributed by atoms with E-state index >= 15 is 0 Å². The standard InChI is InChI=1S/C12H15F3N2O2/c1-8(2)17(5-6-18)11(19)10-4-3-9(7-16-10)12(13,14)15/h3-4,7-8,18H,5-6H2,1-2H3. The highest BCUT2D eigenvalue weighted by atomic mass is 19.4. The molecule has 1 heterocycles. The molecule has 1 aromatic rings. The number of halogens is 3. The van der Waals surface area contributed by atoms with Crippen LogP contribution >= 0.6 is 0 Å². The smallest absolute Gasteiger partial charge is 0.395 e. The molecule has 0 unspecified atom stereocenters. The van der Waals surface area contributed by atoms with Gasteiger partial charge in [0.2, 0.25) is 0 Å². The molecule has 1 aromatic heterocycles. The Hall–Kier alpha value is -1.63. The molecule has 1 N–H and O–H groups in total. The fourth-order valence-electron chi connectivity index (χ4n) is 1.54. The molecule has 0 aromatic carbocycles. The number of hydrogen-bond donors (Lipinski definition) is 1. The van der Waals surface area contributed by atoms with Gasteiger partial charge in [0.15, 0.2) is 0 Å². The highest BCUT2D eigenvalue weighted by Crippen LogP contribution is 2.28. The number of carbonyl (C=O) groups is 1. The zero-order chi connectivity index (χ0) is 14.6. The summed E-state index contributed by atoms with van der Waals surface area (Å²) >= 11 is 0. The van der Waals surface area contributed by atoms with Crippen molar-refractivity contribution in [2.75, 3.05) is 13.2 Å². The Bertz CT molecular complexity index is 430. The minimum absolute atomic E-state index is 0.0739. The average Bonchev–Trinajstić information content (AvgIpc) is 2.34. The van der Waals surface area contributed by atoms with Crippen LogP contribution in [0.5, 0.6) is 0 Å². The Morgan fingerprint density at radius 3 is 2.42 bits per heavy atom. The molecule has 0 aliphatic rings. The van der Waals surface area contributed by atoms with Gasteiger partial charge in [0, 0.05) is 18.8 Å². The first-order chi connectivity index (χ1) is 8.77. The van der Waals surface area contributed by atoms with Crippen LogP contribution in [-0.2, 0) is 6.18 Å². The van der Waals surface area contributed by atoms with Crippen LogP contribution in [0.25, 0.3) is 0 Å². The summed E-state index contributed by atoms with van der Waals surface area (Å²) in [6, 6.07) is 1.68. The van der Waals surface area contributed by atoms with E-state index < -0.39 is 17.6 Å². The summed E-state index contributed by atoms with van der Waals surface area (Å²) in [6.45, 7) is 3.39. The molecule has 19 heavy (non-hydrogen) atoms. The third kappa shape index (κ3) is 3.92. The van der Waals surface area contributed by atoms with E-state index in [1.807, 2.05) is 0 Å². The maximum Gasteiger partial charge on any atom is 0.417 e. The lowest BCUT2D eigenvalue weighted by molar-refractivity contribution is -0.137. The molecule has 0 atom stereocenters. The molecule has 0 spiro atoms. The summed E-state index contributed by atoms with van der Waals surface area (Å²) in [5.41, 5.74) is -0.975. The van der Waals surface area contributed by atoms with Crippen molar-refractivity contribution in [3.05, 3.63) is 29.6 Å². The molecule has 0 bridgehead atoms. The van der Waals surface area contributed by atoms with Crippen molar-refractivity contribution >= 4 is 5.91 Å². The Kier molecular flexibility index (Phi) is 4.88. The Morgan fingerprint density at radius 1 is 1.42 bits per heavy atom. The topological polar surface area (TPSA) is 53.4 Å². The Labute approximate surface area is 108 Å². The first-order valence-electron chi connectivity index (χ1n) is 5.72. The normalized spacial score (nSPS) is 11.7. The highest BCUT2D eigenvalue weighted by molar-refractivity contribution is 5.92. The van der Waals surface area contributed by atoms with Gasteiger partial charge in [-0.2, -0.15) is 13.2 Å². The molecule has 1 amide bonds. The summed E-state index contributed by atoms with van der Waals surface area (Å²) in [7, 11) is 0. The summed E-state index contributed by atoms with van der Waals surface area (Å²) in [6.07, 6.45) is -3.85. The van der Waals surface area contributed by atoms with Crippen molar-refractivity contribution in [2.45, 2.75) is 26.1 Å². The van der Waals surface area contributed by atoms with Crippen molar-refractivity contribution in [1.29, 1.82) is 0 Å². The second kappa shape index (κ2) is 6.01. The van der Waals surface area contributed by atoms with Crippen LogP contribution in [0.15, 0.2) is 18.3 Å². The van der Waals surface area contributed by atoms with Crippen molar-refractivity contribution in [2.24, 2.45) is 0 Å². The summed E-state index contributed by atoms with van der Waals surface area (Å²) < 4.78 is 37.1. The summed E-state index contributed by atoms with van der Waals surface area (Å²) in [5, 5.41) is 8.87. The molecule has 1 rings (SSSR count). The van der Waals surface area contributed by atoms with Gasteiger partial charge >= 0.3 is 6.18 Å². The molecule has 106 valence electrons. The zero-order valence-corrected chi connectivity index (χ0v) is 10.6. The molecule has 0 fully saturated rings. The van der Waals surface area contributed by atoms with Crippen LogP contribution in [0.4, 0.5) is 13.2 Å². The number of alkyl halides is 3. The number of aliphatic hydroxyl groups is 1. The second-order valence-corrected chi connectivity index (χ2v) is 4.25. The van der Waals surface area contributed by atoms with Crippen LogP contribution in [0, 0.1) is 0 Å². The number of carbonyl (C=O) groups excluding carboxylic acids is 1. The lowest BCUT2D eigenvalue weighted by Gasteiger charge is -2.25. The van der Waals surface area contributed by atoms with Gasteiger partial charge in [-0.15, -0.1) is 0 Å². The van der Waals surface area contributed by atoms with Crippen LogP contribution < -0.4 is 0 Å². The molecular formula is C12H15F3N2O2. The van der Waals surface area contributed by atoms with Crippen LogP contribution in [0.1, 0.15) is 29.9 Å². The van der Waals surface area contributed by atoms with E-state index in [2.05, 4.69) is 4.98 Å². The minimum Gasteiger partial charge on any atom is -0.395 e. The van der Waals surface area contributed by atoms with E-state index in [9.17, 15) is 18.0 Å². The molecule has 7 heteroatoms. The summed E-state index contributed by atoms with van der Waals surface area (Å²) in [4.78, 5) is 16.9. The van der Waals surface area contributed by atoms with E-state index in [1.165, 1.54) is 4.90 Å². The predicted molar refractivity (Wildman–Crippen MR) is 62.5 cm³/mol. The fourth-order valence-corrected chi connectivity index (χ4v) is 1.54. The predicted octanol–water partition coefficient (Wildman–Crippen LogP) is 1.94. The molecule has 0 radical (unpaired) electrons. The Morgan fingerprint density at radius 2 is 2.05 bits per heavy atom. The van der Waals surface area contributed by atoms with E-state index in [-0.39, 0.29) is 24.9 Å². The zero-order valence-electron chi connectivity index (χ0n) is 10.6. The molecule has 4 nitrogen and oxygen atoms in total. The van der Waals surface area contributed by atoms with Crippen molar-refractivity contribution < 1.29 is 23.1 Å². The largest absolute Gasteiger partial charge is 0.417 e. The van der Waals surface area contributed by atoms with Gasteiger partial charge in [0.1, 0.15) is 5.69 Å². The number of rotatable bonds is 4. The van der Waals surface area contributed by atoms with Crippen molar-refractivity contribution in [1.82, 2.24) is 9.88 Å². The molecular weight excluding hydrogens is 261 g/mol. The van der Waals surface area contributed by atoms with E-state index in [1.54, 1.807) is 13.8 Å². The monoisotopic (exact) mass is 276 g/mol. The van der Waals surface area contributed by atoms with Gasteiger partial charge in [0.25, 0.3) is 5.91 Å². The molecule has 0 saturated heterocycles. The maximum atomic E-state index is 12.4. The van der Waals surface area contributed by atoms with E-state index in [0.29, 0.717) is 6.20 Å². The SMILES string of the molecule is CC(C)N(CCO)C(=O)c1ccc(C(F)(F)F)cn1. The lowest BCUT2D eigenvalue weighted by Crippen LogP contribution is -2.39. The highest BCUT2D eigenvalue weighted by Gasteiger charge is 2.31. The van der Waals surface area contributed by atoms with Gasteiger partial charge < -0.3 is 10.0 Å². The quantitative estimate of drug-likeness (QED) is 0.914. The minimum atomic E-state index is -4.47. The first kappa shape index (κ1) is 15.4. The number of pyridine rings is 1. The first-order valence-corrected chi connectivity index (χ1v) is 5.72. The third-order valence-electron chi connectivity index (χ3n) is 2.54. The van der Waals surface area contributed by atoms with Gasteiger partial charge in [-0.1, -0.05) is 0 Å². The number of aliphatic hydroxyl groups excluding tert-OH is 1. The van der Waals surface area contributed by atoms with Gasteiger partial charge in [-0.05, 0) is 26.0 Å². The molecule has 0 saturated carbocycles. The number of aromatic nitrogens is 1. The van der Waals surface area contributed by atoms with Crippen molar-refractivity contribution in [3.63, 3.8) is 0 Å². The molecule has 0 aliphatic heterocycles. The lowest BCUT2D eigenvalue weighted by atomic mass is 10.2. The third-order valence-corrected chi connectivity index (χ3v) is 2.54. The van der Waals surface area contributed by atoms with Gasteiger partial charge in [-0.25, -0.2) is 0 Å². The van der Waals surface area contributed by atoms with Crippen LogP contribution in [0.2, 0.25) is 0 Å². The Balaban J connectivity index is 2.94. The number of hydrogen-bond acceptors (Lipinski definition) is 3. The molecule has 0 aliphatic carbocycles. The number of nitrogens with zero attached hydrogens (tertiary/aromatic N) is 2. The van der Waals surface area contributed by atoms with Gasteiger partial charge in [0.05, 0.1) is 12.2 Å². The van der Waals surface area contributed by atoms with Crippen LogP contribution in [-0.4, -0.2) is 40.1 Å². The summed E-state index contributed by atoms with van der Waals surface area (Å²) in [5.74, 6) is -0.502. The van der Waals surface area contributed by atoms with Crippen LogP contribution in [0.3, 0.4) is 0 Å². The number of amides is 1. The average molecular weight is 276 g/mol. The van der Waals surface area contributed by atoms with Gasteiger partial charge in [-0.3, -0.25) is 9.78 Å².